The highest BCUT2D eigenvalue weighted by molar-refractivity contribution is 9.10. The van der Waals surface area contributed by atoms with Crippen LogP contribution in [0.3, 0.4) is 0 Å². The van der Waals surface area contributed by atoms with Crippen molar-refractivity contribution in [2.24, 2.45) is 5.92 Å². The second kappa shape index (κ2) is 13.9. The standard InChI is InChI=1S/C24H30BrN3O4S/c1-16(2)10-13-32-21-9-8-18(25)15-20(21)23(30)28-24(33)27-19-7-4-6-17(14-19)22(29)26-11-5-12-31-3/h4,6-9,14-16H,5,10-13H2,1-3H3,(H,26,29)(H2,27,28,30,33). The SMILES string of the molecule is COCCCNC(=O)c1cccc(NC(=S)NC(=O)c2cc(Br)ccc2OCCC(C)C)c1. The van der Waals surface area contributed by atoms with Gasteiger partial charge in [0.1, 0.15) is 5.75 Å². The number of halogens is 1. The number of amides is 2. The zero-order valence-electron chi connectivity index (χ0n) is 19.1. The maximum absolute atomic E-state index is 12.8. The minimum Gasteiger partial charge on any atom is -0.493 e. The van der Waals surface area contributed by atoms with Crippen molar-refractivity contribution < 1.29 is 19.1 Å². The van der Waals surface area contributed by atoms with Crippen LogP contribution in [0.4, 0.5) is 5.69 Å². The Morgan fingerprint density at radius 2 is 1.88 bits per heavy atom. The van der Waals surface area contributed by atoms with Gasteiger partial charge in [-0.3, -0.25) is 14.9 Å². The molecule has 0 saturated carbocycles. The van der Waals surface area contributed by atoms with Gasteiger partial charge in [-0.1, -0.05) is 35.8 Å². The normalized spacial score (nSPS) is 10.6. The van der Waals surface area contributed by atoms with E-state index < -0.39 is 0 Å². The monoisotopic (exact) mass is 535 g/mol. The summed E-state index contributed by atoms with van der Waals surface area (Å²) in [6.07, 6.45) is 1.61. The Morgan fingerprint density at radius 3 is 2.61 bits per heavy atom. The van der Waals surface area contributed by atoms with Crippen LogP contribution in [0.25, 0.3) is 0 Å². The molecular formula is C24H30BrN3O4S. The number of carbonyl (C=O) groups is 2. The Hall–Kier alpha value is -2.49. The minimum absolute atomic E-state index is 0.116. The molecule has 0 aromatic heterocycles. The maximum Gasteiger partial charge on any atom is 0.261 e. The molecule has 2 amide bonds. The predicted molar refractivity (Wildman–Crippen MR) is 138 cm³/mol. The zero-order valence-corrected chi connectivity index (χ0v) is 21.5. The highest BCUT2D eigenvalue weighted by Crippen LogP contribution is 2.24. The molecule has 0 spiro atoms. The number of thiocarbonyl (C=S) groups is 1. The van der Waals surface area contributed by atoms with Gasteiger partial charge in [-0.25, -0.2) is 0 Å². The van der Waals surface area contributed by atoms with Gasteiger partial charge in [-0.15, -0.1) is 0 Å². The van der Waals surface area contributed by atoms with Crippen LogP contribution in [-0.4, -0.2) is 43.8 Å². The van der Waals surface area contributed by atoms with E-state index in [1.54, 1.807) is 43.5 Å². The summed E-state index contributed by atoms with van der Waals surface area (Å²) in [6.45, 7) is 5.85. The summed E-state index contributed by atoms with van der Waals surface area (Å²) >= 11 is 8.70. The van der Waals surface area contributed by atoms with Crippen LogP contribution in [0, 0.1) is 5.92 Å². The molecule has 0 atom stereocenters. The first kappa shape index (κ1) is 26.8. The minimum atomic E-state index is -0.389. The molecule has 0 fully saturated rings. The quantitative estimate of drug-likeness (QED) is 0.283. The fraction of sp³-hybridized carbons (Fsp3) is 0.375. The smallest absolute Gasteiger partial charge is 0.261 e. The highest BCUT2D eigenvalue weighted by Gasteiger charge is 2.15. The number of anilines is 1. The maximum atomic E-state index is 12.8. The third kappa shape index (κ3) is 9.49. The number of benzene rings is 2. The molecular weight excluding hydrogens is 506 g/mol. The van der Waals surface area contributed by atoms with E-state index in [0.717, 1.165) is 17.3 Å². The Balaban J connectivity index is 1.99. The van der Waals surface area contributed by atoms with Gasteiger partial charge in [0.2, 0.25) is 0 Å². The van der Waals surface area contributed by atoms with Crippen LogP contribution in [0.2, 0.25) is 0 Å². The molecule has 2 aromatic carbocycles. The Kier molecular flexibility index (Phi) is 11.3. The fourth-order valence-corrected chi connectivity index (χ4v) is 3.37. The van der Waals surface area contributed by atoms with E-state index in [2.05, 4.69) is 45.7 Å². The van der Waals surface area contributed by atoms with Crippen molar-refractivity contribution in [1.29, 1.82) is 0 Å². The van der Waals surface area contributed by atoms with E-state index in [1.165, 1.54) is 0 Å². The average molecular weight is 536 g/mol. The Morgan fingerprint density at radius 1 is 1.09 bits per heavy atom. The van der Waals surface area contributed by atoms with Crippen LogP contribution in [-0.2, 0) is 4.74 Å². The van der Waals surface area contributed by atoms with Crippen LogP contribution in [0.5, 0.6) is 5.75 Å². The molecule has 2 aromatic rings. The summed E-state index contributed by atoms with van der Waals surface area (Å²) in [4.78, 5) is 25.2. The lowest BCUT2D eigenvalue weighted by Crippen LogP contribution is -2.34. The van der Waals surface area contributed by atoms with Crippen molar-refractivity contribution in [3.05, 3.63) is 58.1 Å². The lowest BCUT2D eigenvalue weighted by Gasteiger charge is -2.14. The van der Waals surface area contributed by atoms with Gasteiger partial charge < -0.3 is 20.1 Å². The van der Waals surface area contributed by atoms with E-state index in [-0.39, 0.29) is 16.9 Å². The summed E-state index contributed by atoms with van der Waals surface area (Å²) in [7, 11) is 1.62. The zero-order chi connectivity index (χ0) is 24.2. The molecule has 7 nitrogen and oxygen atoms in total. The molecule has 0 aliphatic rings. The van der Waals surface area contributed by atoms with Crippen molar-refractivity contribution >= 4 is 50.8 Å². The molecule has 9 heteroatoms. The lowest BCUT2D eigenvalue weighted by atomic mass is 10.1. The molecule has 0 saturated heterocycles. The van der Waals surface area contributed by atoms with Crippen molar-refractivity contribution in [2.45, 2.75) is 26.7 Å². The molecule has 2 rings (SSSR count). The number of hydrogen-bond acceptors (Lipinski definition) is 5. The fourth-order valence-electron chi connectivity index (χ4n) is 2.80. The van der Waals surface area contributed by atoms with Gasteiger partial charge in [-0.05, 0) is 67.4 Å². The first-order chi connectivity index (χ1) is 15.8. The molecule has 0 aliphatic carbocycles. The highest BCUT2D eigenvalue weighted by atomic mass is 79.9. The summed E-state index contributed by atoms with van der Waals surface area (Å²) in [6, 6.07) is 12.2. The number of nitrogens with one attached hydrogen (secondary N) is 3. The van der Waals surface area contributed by atoms with Gasteiger partial charge >= 0.3 is 0 Å². The largest absolute Gasteiger partial charge is 0.493 e. The third-order valence-corrected chi connectivity index (χ3v) is 5.26. The summed E-state index contributed by atoms with van der Waals surface area (Å²) in [5, 5.41) is 8.58. The number of rotatable bonds is 11. The van der Waals surface area contributed by atoms with Crippen molar-refractivity contribution in [1.82, 2.24) is 10.6 Å². The topological polar surface area (TPSA) is 88.7 Å². The number of methoxy groups -OCH3 is 1. The van der Waals surface area contributed by atoms with Crippen LogP contribution in [0.15, 0.2) is 46.9 Å². The van der Waals surface area contributed by atoms with E-state index in [0.29, 0.717) is 48.2 Å². The number of hydrogen-bond donors (Lipinski definition) is 3. The Labute approximate surface area is 208 Å². The average Bonchev–Trinajstić information content (AvgIpc) is 2.77. The molecule has 0 aliphatic heterocycles. The molecule has 178 valence electrons. The second-order valence-corrected chi connectivity index (χ2v) is 9.09. The lowest BCUT2D eigenvalue weighted by molar-refractivity contribution is 0.0945. The van der Waals surface area contributed by atoms with Crippen LogP contribution >= 0.6 is 28.1 Å². The molecule has 0 bridgehead atoms. The second-order valence-electron chi connectivity index (χ2n) is 7.76. The summed E-state index contributed by atoms with van der Waals surface area (Å²) in [5.41, 5.74) is 1.45. The Bertz CT molecular complexity index is 968. The molecule has 0 unspecified atom stereocenters. The molecule has 3 N–H and O–H groups in total. The van der Waals surface area contributed by atoms with Crippen LogP contribution < -0.4 is 20.7 Å². The van der Waals surface area contributed by atoms with Crippen molar-refractivity contribution in [2.75, 3.05) is 32.2 Å². The van der Waals surface area contributed by atoms with E-state index in [4.69, 9.17) is 21.7 Å². The summed E-state index contributed by atoms with van der Waals surface area (Å²) in [5.74, 6) is 0.409. The van der Waals surface area contributed by atoms with Gasteiger partial charge in [0, 0.05) is 36.0 Å². The van der Waals surface area contributed by atoms with Gasteiger partial charge in [0.25, 0.3) is 11.8 Å². The first-order valence-electron chi connectivity index (χ1n) is 10.7. The number of carbonyl (C=O) groups excluding carboxylic acids is 2. The molecule has 0 heterocycles. The predicted octanol–water partition coefficient (Wildman–Crippen LogP) is 4.77. The van der Waals surface area contributed by atoms with Gasteiger partial charge in [0.05, 0.1) is 12.2 Å². The van der Waals surface area contributed by atoms with E-state index in [1.807, 2.05) is 6.07 Å². The third-order valence-electron chi connectivity index (χ3n) is 4.56. The number of ether oxygens (including phenoxy) is 2. The van der Waals surface area contributed by atoms with E-state index in [9.17, 15) is 9.59 Å². The van der Waals surface area contributed by atoms with Crippen molar-refractivity contribution in [3.8, 4) is 5.75 Å². The molecule has 0 radical (unpaired) electrons. The van der Waals surface area contributed by atoms with Gasteiger partial charge in [0.15, 0.2) is 5.11 Å². The molecule has 33 heavy (non-hydrogen) atoms. The first-order valence-corrected chi connectivity index (χ1v) is 11.9. The van der Waals surface area contributed by atoms with Gasteiger partial charge in [-0.2, -0.15) is 0 Å². The van der Waals surface area contributed by atoms with Crippen molar-refractivity contribution in [3.63, 3.8) is 0 Å². The van der Waals surface area contributed by atoms with Crippen LogP contribution in [0.1, 0.15) is 47.4 Å². The summed E-state index contributed by atoms with van der Waals surface area (Å²) < 4.78 is 11.5. The van der Waals surface area contributed by atoms with E-state index >= 15 is 0 Å².